The zero-order chi connectivity index (χ0) is 18.1. The number of carbonyl (C=O) groups is 1. The van der Waals surface area contributed by atoms with E-state index in [9.17, 15) is 4.79 Å². The molecule has 0 spiro atoms. The first-order valence-corrected chi connectivity index (χ1v) is 7.49. The first-order chi connectivity index (χ1) is 11.4. The van der Waals surface area contributed by atoms with Gasteiger partial charge in [-0.3, -0.25) is 4.79 Å². The van der Waals surface area contributed by atoms with Crippen molar-refractivity contribution in [2.45, 2.75) is 6.92 Å². The van der Waals surface area contributed by atoms with Crippen LogP contribution in [-0.4, -0.2) is 58.2 Å². The van der Waals surface area contributed by atoms with Gasteiger partial charge in [0.2, 0.25) is 5.91 Å². The topological polar surface area (TPSA) is 75.2 Å². The fourth-order valence-corrected chi connectivity index (χ4v) is 1.71. The Bertz CT molecular complexity index is 612. The monoisotopic (exact) mass is 334 g/mol. The second kappa shape index (κ2) is 9.44. The van der Waals surface area contributed by atoms with E-state index in [0.717, 1.165) is 11.3 Å². The lowest BCUT2D eigenvalue weighted by Gasteiger charge is -2.15. The maximum Gasteiger partial charge on any atom is 0.243 e. The summed E-state index contributed by atoms with van der Waals surface area (Å²) < 4.78 is 10.5. The Morgan fingerprint density at radius 3 is 2.46 bits per heavy atom. The molecule has 0 bridgehead atoms. The maximum absolute atomic E-state index is 11.7. The van der Waals surface area contributed by atoms with Gasteiger partial charge in [0.15, 0.2) is 17.5 Å². The second-order valence-corrected chi connectivity index (χ2v) is 5.46. The molecule has 1 amide bonds. The molecule has 0 radical (unpaired) electrons. The first kappa shape index (κ1) is 19.3. The summed E-state index contributed by atoms with van der Waals surface area (Å²) in [5.41, 5.74) is 1.72. The van der Waals surface area contributed by atoms with Crippen molar-refractivity contribution in [1.82, 2.24) is 10.2 Å². The fraction of sp³-hybridized carbons (Fsp3) is 0.412. The van der Waals surface area contributed by atoms with E-state index in [2.05, 4.69) is 22.2 Å². The van der Waals surface area contributed by atoms with Crippen LogP contribution in [-0.2, 0) is 4.79 Å². The van der Waals surface area contributed by atoms with Crippen LogP contribution >= 0.6 is 0 Å². The number of carbonyl (C=O) groups excluding carboxylic acids is 1. The summed E-state index contributed by atoms with van der Waals surface area (Å²) in [5, 5.41) is 6.27. The van der Waals surface area contributed by atoms with Gasteiger partial charge in [-0.2, -0.15) is 0 Å². The average Bonchev–Trinajstić information content (AvgIpc) is 2.56. The number of amides is 1. The van der Waals surface area contributed by atoms with Gasteiger partial charge >= 0.3 is 0 Å². The van der Waals surface area contributed by atoms with Crippen molar-refractivity contribution in [2.24, 2.45) is 4.99 Å². The Balaban J connectivity index is 2.92. The van der Waals surface area contributed by atoms with E-state index >= 15 is 0 Å². The Labute approximate surface area is 143 Å². The molecule has 0 atom stereocenters. The van der Waals surface area contributed by atoms with Crippen molar-refractivity contribution in [3.05, 3.63) is 30.4 Å². The summed E-state index contributed by atoms with van der Waals surface area (Å²) in [6.45, 7) is 6.36. The number of benzene rings is 1. The molecule has 0 aliphatic carbocycles. The average molecular weight is 334 g/mol. The molecule has 1 aromatic rings. The number of rotatable bonds is 7. The van der Waals surface area contributed by atoms with Crippen LogP contribution in [0, 0.1) is 0 Å². The van der Waals surface area contributed by atoms with Crippen LogP contribution < -0.4 is 20.1 Å². The highest BCUT2D eigenvalue weighted by Crippen LogP contribution is 2.29. The molecule has 0 aliphatic rings. The van der Waals surface area contributed by atoms with E-state index in [1.54, 1.807) is 40.4 Å². The fourth-order valence-electron chi connectivity index (χ4n) is 1.71. The first-order valence-electron chi connectivity index (χ1n) is 7.49. The summed E-state index contributed by atoms with van der Waals surface area (Å²) >= 11 is 0. The molecule has 7 heteroatoms. The summed E-state index contributed by atoms with van der Waals surface area (Å²) in [7, 11) is 6.55. The molecule has 24 heavy (non-hydrogen) atoms. The lowest BCUT2D eigenvalue weighted by Crippen LogP contribution is -2.34. The number of nitrogens with one attached hydrogen (secondary N) is 2. The van der Waals surface area contributed by atoms with Crippen molar-refractivity contribution in [2.75, 3.05) is 46.7 Å². The molecule has 1 rings (SSSR count). The SMILES string of the molecule is C=C(C)CNC(=NCC(=O)N(C)C)Nc1ccc(OC)c(OC)c1. The minimum absolute atomic E-state index is 0.0474. The molecule has 0 aromatic heterocycles. The zero-order valence-corrected chi connectivity index (χ0v) is 15.0. The van der Waals surface area contributed by atoms with Crippen LogP contribution in [0.3, 0.4) is 0 Å². The number of anilines is 1. The molecule has 0 heterocycles. The normalized spacial score (nSPS) is 10.8. The lowest BCUT2D eigenvalue weighted by atomic mass is 10.2. The highest BCUT2D eigenvalue weighted by molar-refractivity contribution is 5.95. The quantitative estimate of drug-likeness (QED) is 0.451. The summed E-state index contributed by atoms with van der Waals surface area (Å²) in [6, 6.07) is 5.43. The predicted molar refractivity (Wildman–Crippen MR) is 97.0 cm³/mol. The van der Waals surface area contributed by atoms with Crippen LogP contribution in [0.15, 0.2) is 35.3 Å². The van der Waals surface area contributed by atoms with Crippen molar-refractivity contribution in [3.63, 3.8) is 0 Å². The van der Waals surface area contributed by atoms with Crippen molar-refractivity contribution < 1.29 is 14.3 Å². The second-order valence-electron chi connectivity index (χ2n) is 5.46. The molecule has 132 valence electrons. The molecular formula is C17H26N4O3. The third-order valence-electron chi connectivity index (χ3n) is 3.08. The smallest absolute Gasteiger partial charge is 0.243 e. The Kier molecular flexibility index (Phi) is 7.61. The number of likely N-dealkylation sites (N-methyl/N-ethyl adjacent to an activating group) is 1. The van der Waals surface area contributed by atoms with Crippen LogP contribution in [0.4, 0.5) is 5.69 Å². The van der Waals surface area contributed by atoms with E-state index in [1.807, 2.05) is 13.0 Å². The zero-order valence-electron chi connectivity index (χ0n) is 15.0. The van der Waals surface area contributed by atoms with E-state index in [0.29, 0.717) is 24.0 Å². The number of ether oxygens (including phenoxy) is 2. The largest absolute Gasteiger partial charge is 0.493 e. The van der Waals surface area contributed by atoms with Gasteiger partial charge in [0, 0.05) is 32.4 Å². The molecule has 0 saturated heterocycles. The Morgan fingerprint density at radius 1 is 1.25 bits per heavy atom. The predicted octanol–water partition coefficient (Wildman–Crippen LogP) is 1.73. The van der Waals surface area contributed by atoms with Crippen LogP contribution in [0.1, 0.15) is 6.92 Å². The Morgan fingerprint density at radius 2 is 1.92 bits per heavy atom. The third kappa shape index (κ3) is 6.20. The molecule has 0 unspecified atom stereocenters. The molecule has 7 nitrogen and oxygen atoms in total. The summed E-state index contributed by atoms with van der Waals surface area (Å²) in [4.78, 5) is 17.5. The van der Waals surface area contributed by atoms with Gasteiger partial charge in [0.05, 0.1) is 14.2 Å². The number of hydrogen-bond acceptors (Lipinski definition) is 4. The van der Waals surface area contributed by atoms with Crippen LogP contribution in [0.25, 0.3) is 0 Å². The Hall–Kier alpha value is -2.70. The molecular weight excluding hydrogens is 308 g/mol. The van der Waals surface area contributed by atoms with Crippen molar-refractivity contribution >= 4 is 17.6 Å². The minimum Gasteiger partial charge on any atom is -0.493 e. The molecule has 0 fully saturated rings. The molecule has 0 aliphatic heterocycles. The van der Waals surface area contributed by atoms with Gasteiger partial charge in [-0.1, -0.05) is 12.2 Å². The molecule has 1 aromatic carbocycles. The number of aliphatic imine (C=N–C) groups is 1. The maximum atomic E-state index is 11.7. The third-order valence-corrected chi connectivity index (χ3v) is 3.08. The van der Waals surface area contributed by atoms with Gasteiger partial charge < -0.3 is 25.0 Å². The lowest BCUT2D eigenvalue weighted by molar-refractivity contribution is -0.127. The summed E-state index contributed by atoms with van der Waals surface area (Å²) in [6.07, 6.45) is 0. The number of guanidine groups is 1. The molecule has 0 saturated carbocycles. The molecule has 2 N–H and O–H groups in total. The number of hydrogen-bond donors (Lipinski definition) is 2. The van der Waals surface area contributed by atoms with E-state index < -0.39 is 0 Å². The van der Waals surface area contributed by atoms with Gasteiger partial charge in [-0.25, -0.2) is 4.99 Å². The summed E-state index contributed by atoms with van der Waals surface area (Å²) in [5.74, 6) is 1.64. The van der Waals surface area contributed by atoms with Crippen LogP contribution in [0.2, 0.25) is 0 Å². The number of methoxy groups -OCH3 is 2. The van der Waals surface area contributed by atoms with Gasteiger partial charge in [0.1, 0.15) is 6.54 Å². The van der Waals surface area contributed by atoms with Crippen LogP contribution in [0.5, 0.6) is 11.5 Å². The van der Waals surface area contributed by atoms with Gasteiger partial charge in [-0.15, -0.1) is 0 Å². The van der Waals surface area contributed by atoms with E-state index in [1.165, 1.54) is 4.90 Å². The standard InChI is InChI=1S/C17H26N4O3/c1-12(2)10-18-17(19-11-16(22)21(3)4)20-13-7-8-14(23-5)15(9-13)24-6/h7-9H,1,10-11H2,2-6H3,(H2,18,19,20). The highest BCUT2D eigenvalue weighted by atomic mass is 16.5. The van der Waals surface area contributed by atoms with E-state index in [4.69, 9.17) is 9.47 Å². The van der Waals surface area contributed by atoms with Crippen molar-refractivity contribution in [3.8, 4) is 11.5 Å². The van der Waals surface area contributed by atoms with Gasteiger partial charge in [-0.05, 0) is 19.1 Å². The minimum atomic E-state index is -0.0845. The van der Waals surface area contributed by atoms with Crippen molar-refractivity contribution in [1.29, 1.82) is 0 Å². The number of nitrogens with zero attached hydrogens (tertiary/aromatic N) is 2. The van der Waals surface area contributed by atoms with E-state index in [-0.39, 0.29) is 12.5 Å². The van der Waals surface area contributed by atoms with Gasteiger partial charge in [0.25, 0.3) is 0 Å². The highest BCUT2D eigenvalue weighted by Gasteiger charge is 2.08.